The van der Waals surface area contributed by atoms with Crippen molar-refractivity contribution in [2.24, 2.45) is 11.8 Å². The third-order valence-corrected chi connectivity index (χ3v) is 10.8. The number of phenolic OH excluding ortho intramolecular Hbond substituents is 1. The van der Waals surface area contributed by atoms with E-state index in [1.54, 1.807) is 18.6 Å². The number of fused-ring (bicyclic) bond motifs is 2. The molecule has 2 N–H and O–H groups in total. The smallest absolute Gasteiger partial charge is 0.226 e. The van der Waals surface area contributed by atoms with Crippen LogP contribution in [0, 0.1) is 11.8 Å². The number of rotatable bonds is 5. The number of amides is 1. The Morgan fingerprint density at radius 2 is 2.08 bits per heavy atom. The Hall–Kier alpha value is -2.51. The molecular weight excluding hydrogens is 456 g/mol. The molecule has 7 nitrogen and oxygen atoms in total. The molecule has 3 unspecified atom stereocenters. The van der Waals surface area contributed by atoms with E-state index >= 15 is 0 Å². The Balaban J connectivity index is 1.18. The van der Waals surface area contributed by atoms with Gasteiger partial charge in [-0.2, -0.15) is 0 Å². The van der Waals surface area contributed by atoms with E-state index in [0.29, 0.717) is 18.6 Å². The molecule has 7 heteroatoms. The van der Waals surface area contributed by atoms with Crippen molar-refractivity contribution in [3.63, 3.8) is 0 Å². The molecule has 4 fully saturated rings. The Kier molecular flexibility index (Phi) is 4.11. The number of likely N-dealkylation sites (N-methyl/N-ethyl adjacent to an activating group) is 1. The van der Waals surface area contributed by atoms with Gasteiger partial charge < -0.3 is 24.3 Å². The van der Waals surface area contributed by atoms with Gasteiger partial charge in [-0.05, 0) is 80.5 Å². The Labute approximate surface area is 211 Å². The van der Waals surface area contributed by atoms with E-state index in [0.717, 1.165) is 36.4 Å². The molecule has 190 valence electrons. The topological polar surface area (TPSA) is 86.4 Å². The second-order valence-electron chi connectivity index (χ2n) is 12.4. The fourth-order valence-corrected chi connectivity index (χ4v) is 8.69. The average molecular weight is 491 g/mol. The highest BCUT2D eigenvalue weighted by Gasteiger charge is 2.75. The van der Waals surface area contributed by atoms with Crippen LogP contribution in [0.4, 0.5) is 0 Å². The van der Waals surface area contributed by atoms with Crippen LogP contribution in [-0.4, -0.2) is 63.3 Å². The van der Waals surface area contributed by atoms with Crippen molar-refractivity contribution in [1.82, 2.24) is 9.80 Å². The van der Waals surface area contributed by atoms with E-state index in [9.17, 15) is 15.0 Å². The Bertz CT molecular complexity index is 1260. The van der Waals surface area contributed by atoms with Crippen LogP contribution in [0.5, 0.6) is 11.5 Å². The number of carbonyl (C=O) groups excluding carboxylic acids is 1. The number of furan rings is 1. The number of aromatic hydroxyl groups is 1. The van der Waals surface area contributed by atoms with Crippen LogP contribution in [0.15, 0.2) is 35.1 Å². The van der Waals surface area contributed by atoms with Crippen molar-refractivity contribution >= 4 is 5.91 Å². The second-order valence-corrected chi connectivity index (χ2v) is 12.4. The first kappa shape index (κ1) is 21.6. The van der Waals surface area contributed by atoms with Gasteiger partial charge in [-0.1, -0.05) is 6.07 Å². The number of hydrogen-bond donors (Lipinski definition) is 2. The monoisotopic (exact) mass is 490 g/mol. The number of aliphatic hydroxyl groups is 1. The van der Waals surface area contributed by atoms with Crippen molar-refractivity contribution in [3.8, 4) is 11.5 Å². The summed E-state index contributed by atoms with van der Waals surface area (Å²) < 4.78 is 11.9. The highest BCUT2D eigenvalue weighted by Crippen LogP contribution is 2.70. The molecule has 1 aromatic heterocycles. The summed E-state index contributed by atoms with van der Waals surface area (Å²) in [6.45, 7) is 3.20. The molecule has 6 aliphatic rings. The number of carbonyl (C=O) groups is 1. The van der Waals surface area contributed by atoms with E-state index in [-0.39, 0.29) is 47.7 Å². The number of ether oxygens (including phenoxy) is 1. The number of piperidine rings is 1. The predicted octanol–water partition coefficient (Wildman–Crippen LogP) is 3.70. The summed E-state index contributed by atoms with van der Waals surface area (Å²) in [6.07, 6.45) is 8.53. The zero-order valence-electron chi connectivity index (χ0n) is 20.9. The largest absolute Gasteiger partial charge is 0.504 e. The predicted molar refractivity (Wildman–Crippen MR) is 131 cm³/mol. The lowest BCUT2D eigenvalue weighted by molar-refractivity contribution is -0.198. The van der Waals surface area contributed by atoms with Crippen molar-refractivity contribution < 1.29 is 24.2 Å². The third kappa shape index (κ3) is 2.49. The molecular formula is C29H34N2O5. The quantitative estimate of drug-likeness (QED) is 0.665. The highest BCUT2D eigenvalue weighted by molar-refractivity contribution is 5.83. The van der Waals surface area contributed by atoms with Crippen LogP contribution >= 0.6 is 0 Å². The van der Waals surface area contributed by atoms with Crippen LogP contribution in [0.1, 0.15) is 74.1 Å². The van der Waals surface area contributed by atoms with Crippen molar-refractivity contribution in [2.45, 2.75) is 86.6 Å². The van der Waals surface area contributed by atoms with Gasteiger partial charge in [-0.15, -0.1) is 0 Å². The van der Waals surface area contributed by atoms with Gasteiger partial charge in [-0.25, -0.2) is 0 Å². The number of nitrogens with zero attached hydrogens (tertiary/aromatic N) is 2. The molecule has 0 radical (unpaired) electrons. The maximum Gasteiger partial charge on any atom is 0.226 e. The molecule has 1 amide bonds. The molecule has 3 saturated carbocycles. The minimum Gasteiger partial charge on any atom is -0.504 e. The number of hydrogen-bond acceptors (Lipinski definition) is 6. The van der Waals surface area contributed by atoms with E-state index in [2.05, 4.69) is 17.9 Å². The number of benzene rings is 1. The lowest BCUT2D eigenvalue weighted by Crippen LogP contribution is -2.74. The lowest BCUT2D eigenvalue weighted by Gasteiger charge is -2.61. The van der Waals surface area contributed by atoms with Gasteiger partial charge in [0.25, 0.3) is 0 Å². The van der Waals surface area contributed by atoms with Crippen LogP contribution in [0.3, 0.4) is 0 Å². The summed E-state index contributed by atoms with van der Waals surface area (Å²) in [6, 6.07) is 5.81. The maximum atomic E-state index is 13.6. The summed E-state index contributed by atoms with van der Waals surface area (Å²) in [4.78, 5) is 18.1. The molecule has 8 atom stereocenters. The molecule has 4 aliphatic carbocycles. The van der Waals surface area contributed by atoms with Gasteiger partial charge in [0.2, 0.25) is 5.91 Å². The molecule has 8 rings (SSSR count). The van der Waals surface area contributed by atoms with Gasteiger partial charge >= 0.3 is 0 Å². The molecule has 1 aromatic carbocycles. The van der Waals surface area contributed by atoms with Gasteiger partial charge in [-0.3, -0.25) is 9.69 Å². The number of phenols is 1. The third-order valence-electron chi connectivity index (χ3n) is 10.8. The van der Waals surface area contributed by atoms with Gasteiger partial charge in [0.1, 0.15) is 6.10 Å². The standard InChI is InChI=1S/C29H34N2O5/c1-15-29(34)9-7-21(30(2)27(33)20-11-19(20)17-8-10-35-14-17)26-28(29)12-22(31(15)13-16-3-4-16)18-5-6-23(32)25(36-26)24(18)28/h5-6,8,10,14-16,19-22,26,32,34H,3-4,7,9,11-13H2,1-2H3/t15-,19?,20?,21-,22?,26+,28+,29-/m1/s1. The second kappa shape index (κ2) is 6.87. The summed E-state index contributed by atoms with van der Waals surface area (Å²) in [7, 11) is 1.91. The van der Waals surface area contributed by atoms with E-state index in [1.165, 1.54) is 18.4 Å². The van der Waals surface area contributed by atoms with E-state index in [1.807, 2.05) is 18.0 Å². The first-order valence-electron chi connectivity index (χ1n) is 13.6. The summed E-state index contributed by atoms with van der Waals surface area (Å²) in [5.41, 5.74) is 1.73. The number of likely N-dealkylation sites (tertiary alicyclic amines) is 1. The average Bonchev–Trinajstić information content (AvgIpc) is 3.73. The fourth-order valence-electron chi connectivity index (χ4n) is 8.69. The van der Waals surface area contributed by atoms with E-state index < -0.39 is 11.0 Å². The Morgan fingerprint density at radius 1 is 1.25 bits per heavy atom. The summed E-state index contributed by atoms with van der Waals surface area (Å²) in [5.74, 6) is 1.73. The minimum absolute atomic E-state index is 0.0145. The maximum absolute atomic E-state index is 13.6. The summed E-state index contributed by atoms with van der Waals surface area (Å²) in [5, 5.41) is 23.5. The normalized spacial score (nSPS) is 41.6. The molecule has 2 aromatic rings. The van der Waals surface area contributed by atoms with E-state index in [4.69, 9.17) is 9.15 Å². The van der Waals surface area contributed by atoms with Gasteiger partial charge in [0, 0.05) is 37.2 Å². The van der Waals surface area contributed by atoms with Crippen molar-refractivity contribution in [1.29, 1.82) is 0 Å². The minimum atomic E-state index is -0.966. The molecule has 3 heterocycles. The molecule has 2 bridgehead atoms. The van der Waals surface area contributed by atoms with Crippen molar-refractivity contribution in [3.05, 3.63) is 47.4 Å². The summed E-state index contributed by atoms with van der Waals surface area (Å²) >= 11 is 0. The van der Waals surface area contributed by atoms with Crippen LogP contribution in [0.25, 0.3) is 0 Å². The zero-order chi connectivity index (χ0) is 24.6. The molecule has 36 heavy (non-hydrogen) atoms. The Morgan fingerprint density at radius 3 is 2.83 bits per heavy atom. The molecule has 1 spiro atoms. The molecule has 2 aliphatic heterocycles. The zero-order valence-corrected chi connectivity index (χ0v) is 20.9. The first-order chi connectivity index (χ1) is 17.3. The lowest BCUT2D eigenvalue weighted by atomic mass is 9.54. The van der Waals surface area contributed by atoms with Gasteiger partial charge in [0.15, 0.2) is 11.5 Å². The highest BCUT2D eigenvalue weighted by atomic mass is 16.5. The molecule has 1 saturated heterocycles. The van der Waals surface area contributed by atoms with Crippen molar-refractivity contribution in [2.75, 3.05) is 13.6 Å². The van der Waals surface area contributed by atoms with Crippen LogP contribution < -0.4 is 4.74 Å². The van der Waals surface area contributed by atoms with Crippen LogP contribution in [0.2, 0.25) is 0 Å². The SMILES string of the molecule is C[C@H]1N(CC2CC2)C2C[C@]34c5c2ccc(O)c5O[C@H]3[C@H](N(C)C(=O)C2CC2c2ccoc2)CC[C@@]14O. The first-order valence-corrected chi connectivity index (χ1v) is 13.6. The van der Waals surface area contributed by atoms with Gasteiger partial charge in [0.05, 0.1) is 29.6 Å². The van der Waals surface area contributed by atoms with Crippen LogP contribution in [-0.2, 0) is 10.2 Å². The fraction of sp³-hybridized carbons (Fsp3) is 0.621.